The average molecular weight is 238 g/mol. The smallest absolute Gasteiger partial charge is 0.122 e. The molecule has 2 atom stereocenters. The molecule has 0 fully saturated rings. The van der Waals surface area contributed by atoms with E-state index in [4.69, 9.17) is 4.74 Å². The lowest BCUT2D eigenvalue weighted by atomic mass is 10.0. The lowest BCUT2D eigenvalue weighted by Crippen LogP contribution is -2.25. The molecule has 0 aliphatic carbocycles. The number of ether oxygens (including phenoxy) is 1. The molecule has 0 saturated heterocycles. The largest absolute Gasteiger partial charge is 0.496 e. The number of aliphatic hydroxyl groups excluding tert-OH is 2. The summed E-state index contributed by atoms with van der Waals surface area (Å²) in [5, 5.41) is 19.2. The summed E-state index contributed by atoms with van der Waals surface area (Å²) < 4.78 is 5.28. The van der Waals surface area contributed by atoms with Gasteiger partial charge in [-0.2, -0.15) is 0 Å². The number of aryl methyl sites for hydroxylation is 2. The van der Waals surface area contributed by atoms with Crippen LogP contribution in [-0.2, 0) is 6.42 Å². The second-order valence-corrected chi connectivity index (χ2v) is 4.40. The van der Waals surface area contributed by atoms with E-state index in [0.717, 1.165) is 11.3 Å². The van der Waals surface area contributed by atoms with Gasteiger partial charge in [0.25, 0.3) is 0 Å². The van der Waals surface area contributed by atoms with E-state index in [1.165, 1.54) is 5.56 Å². The Morgan fingerprint density at radius 2 is 1.94 bits per heavy atom. The van der Waals surface area contributed by atoms with Crippen molar-refractivity contribution in [3.05, 3.63) is 29.3 Å². The predicted molar refractivity (Wildman–Crippen MR) is 68.4 cm³/mol. The lowest BCUT2D eigenvalue weighted by Gasteiger charge is -2.17. The maximum Gasteiger partial charge on any atom is 0.122 e. The summed E-state index contributed by atoms with van der Waals surface area (Å²) in [6.45, 7) is 3.89. The van der Waals surface area contributed by atoms with Gasteiger partial charge in [0.05, 0.1) is 19.3 Å². The molecule has 96 valence electrons. The number of benzene rings is 1. The molecule has 17 heavy (non-hydrogen) atoms. The Bertz CT molecular complexity index is 349. The Morgan fingerprint density at radius 1 is 1.24 bits per heavy atom. The first-order valence-corrected chi connectivity index (χ1v) is 6.08. The van der Waals surface area contributed by atoms with Gasteiger partial charge in [0.15, 0.2) is 0 Å². The molecule has 0 aliphatic rings. The highest BCUT2D eigenvalue weighted by molar-refractivity contribution is 5.36. The molecule has 3 nitrogen and oxygen atoms in total. The normalized spacial score (nSPS) is 14.4. The van der Waals surface area contributed by atoms with Gasteiger partial charge in [-0.15, -0.1) is 0 Å². The second kappa shape index (κ2) is 6.62. The highest BCUT2D eigenvalue weighted by Gasteiger charge is 2.14. The summed E-state index contributed by atoms with van der Waals surface area (Å²) in [5.74, 6) is 0.841. The molecule has 0 heterocycles. The molecule has 0 saturated carbocycles. The highest BCUT2D eigenvalue weighted by atomic mass is 16.5. The quantitative estimate of drug-likeness (QED) is 0.797. The van der Waals surface area contributed by atoms with E-state index < -0.39 is 12.2 Å². The molecule has 0 spiro atoms. The fourth-order valence-electron chi connectivity index (χ4n) is 1.87. The monoisotopic (exact) mass is 238 g/mol. The van der Waals surface area contributed by atoms with Crippen LogP contribution in [0.15, 0.2) is 18.2 Å². The zero-order chi connectivity index (χ0) is 12.8. The van der Waals surface area contributed by atoms with Crippen molar-refractivity contribution in [2.45, 2.75) is 45.3 Å². The van der Waals surface area contributed by atoms with Gasteiger partial charge in [-0.25, -0.2) is 0 Å². The molecule has 0 amide bonds. The Kier molecular flexibility index (Phi) is 5.45. The molecule has 3 heteroatoms. The third-order valence-electron chi connectivity index (χ3n) is 3.01. The molecule has 2 N–H and O–H groups in total. The predicted octanol–water partition coefficient (Wildman–Crippen LogP) is 2.07. The minimum Gasteiger partial charge on any atom is -0.496 e. The number of methoxy groups -OCH3 is 1. The first-order chi connectivity index (χ1) is 8.08. The van der Waals surface area contributed by atoms with Crippen molar-refractivity contribution in [1.82, 2.24) is 0 Å². The van der Waals surface area contributed by atoms with Gasteiger partial charge in [-0.3, -0.25) is 0 Å². The van der Waals surface area contributed by atoms with Crippen molar-refractivity contribution in [2.24, 2.45) is 0 Å². The Balaban J connectivity index is 2.65. The average Bonchev–Trinajstić information content (AvgIpc) is 2.35. The third-order valence-corrected chi connectivity index (χ3v) is 3.01. The molecule has 2 unspecified atom stereocenters. The van der Waals surface area contributed by atoms with E-state index in [9.17, 15) is 10.2 Å². The molecular weight excluding hydrogens is 216 g/mol. The summed E-state index contributed by atoms with van der Waals surface area (Å²) >= 11 is 0. The molecular formula is C14H22O3. The van der Waals surface area contributed by atoms with E-state index >= 15 is 0 Å². The minimum atomic E-state index is -0.662. The maximum atomic E-state index is 9.72. The van der Waals surface area contributed by atoms with Crippen LogP contribution in [-0.4, -0.2) is 29.5 Å². The first-order valence-electron chi connectivity index (χ1n) is 6.08. The first kappa shape index (κ1) is 14.0. The van der Waals surface area contributed by atoms with Crippen molar-refractivity contribution in [3.8, 4) is 5.75 Å². The van der Waals surface area contributed by atoms with Crippen LogP contribution in [0.2, 0.25) is 0 Å². The van der Waals surface area contributed by atoms with Crippen LogP contribution in [0.25, 0.3) is 0 Å². The topological polar surface area (TPSA) is 49.7 Å². The number of hydrogen-bond donors (Lipinski definition) is 2. The number of rotatable bonds is 6. The SMILES string of the molecule is CCC(O)C(O)CCc1cc(C)ccc1OC. The fourth-order valence-corrected chi connectivity index (χ4v) is 1.87. The molecule has 0 aliphatic heterocycles. The van der Waals surface area contributed by atoms with Gasteiger partial charge >= 0.3 is 0 Å². The van der Waals surface area contributed by atoms with Crippen LogP contribution in [0, 0.1) is 6.92 Å². The standard InChI is InChI=1S/C14H22O3/c1-4-12(15)13(16)7-6-11-9-10(2)5-8-14(11)17-3/h5,8-9,12-13,15-16H,4,6-7H2,1-3H3. The van der Waals surface area contributed by atoms with Gasteiger partial charge < -0.3 is 14.9 Å². The van der Waals surface area contributed by atoms with Crippen molar-refractivity contribution in [1.29, 1.82) is 0 Å². The van der Waals surface area contributed by atoms with E-state index in [1.807, 2.05) is 26.0 Å². The summed E-state index contributed by atoms with van der Waals surface area (Å²) in [7, 11) is 1.64. The van der Waals surface area contributed by atoms with Crippen molar-refractivity contribution < 1.29 is 14.9 Å². The molecule has 1 rings (SSSR count). The summed E-state index contributed by atoms with van der Waals surface area (Å²) in [6, 6.07) is 6.00. The van der Waals surface area contributed by atoms with Crippen LogP contribution in [0.4, 0.5) is 0 Å². The molecule has 0 radical (unpaired) electrons. The van der Waals surface area contributed by atoms with Crippen molar-refractivity contribution in [2.75, 3.05) is 7.11 Å². The van der Waals surface area contributed by atoms with Gasteiger partial charge in [-0.05, 0) is 37.8 Å². The zero-order valence-electron chi connectivity index (χ0n) is 10.8. The van der Waals surface area contributed by atoms with Crippen LogP contribution < -0.4 is 4.74 Å². The Morgan fingerprint density at radius 3 is 2.53 bits per heavy atom. The molecule has 0 aromatic heterocycles. The summed E-state index contributed by atoms with van der Waals surface area (Å²) in [4.78, 5) is 0. The molecule has 1 aromatic rings. The van der Waals surface area contributed by atoms with E-state index in [1.54, 1.807) is 7.11 Å². The molecule has 1 aromatic carbocycles. The summed E-state index contributed by atoms with van der Waals surface area (Å²) in [6.07, 6.45) is 0.542. The number of hydrogen-bond acceptors (Lipinski definition) is 3. The third kappa shape index (κ3) is 4.02. The van der Waals surface area contributed by atoms with E-state index in [0.29, 0.717) is 19.3 Å². The Hall–Kier alpha value is -1.06. The lowest BCUT2D eigenvalue weighted by molar-refractivity contribution is 0.0130. The van der Waals surface area contributed by atoms with Gasteiger partial charge in [0.2, 0.25) is 0 Å². The summed E-state index contributed by atoms with van der Waals surface area (Å²) in [5.41, 5.74) is 2.25. The van der Waals surface area contributed by atoms with Crippen LogP contribution in [0.5, 0.6) is 5.75 Å². The van der Waals surface area contributed by atoms with Crippen LogP contribution in [0.3, 0.4) is 0 Å². The van der Waals surface area contributed by atoms with Crippen LogP contribution >= 0.6 is 0 Å². The maximum absolute atomic E-state index is 9.72. The second-order valence-electron chi connectivity index (χ2n) is 4.40. The number of aliphatic hydroxyl groups is 2. The minimum absolute atomic E-state index is 0.550. The van der Waals surface area contributed by atoms with Crippen LogP contribution in [0.1, 0.15) is 30.9 Å². The van der Waals surface area contributed by atoms with Gasteiger partial charge in [0, 0.05) is 0 Å². The zero-order valence-corrected chi connectivity index (χ0v) is 10.8. The van der Waals surface area contributed by atoms with Crippen molar-refractivity contribution >= 4 is 0 Å². The van der Waals surface area contributed by atoms with Crippen molar-refractivity contribution in [3.63, 3.8) is 0 Å². The Labute approximate surface area is 103 Å². The fraction of sp³-hybridized carbons (Fsp3) is 0.571. The van der Waals surface area contributed by atoms with E-state index in [2.05, 4.69) is 6.07 Å². The molecule has 0 bridgehead atoms. The van der Waals surface area contributed by atoms with E-state index in [-0.39, 0.29) is 0 Å². The van der Waals surface area contributed by atoms with Gasteiger partial charge in [0.1, 0.15) is 5.75 Å². The van der Waals surface area contributed by atoms with Gasteiger partial charge in [-0.1, -0.05) is 24.6 Å². The highest BCUT2D eigenvalue weighted by Crippen LogP contribution is 2.22.